The molecule has 0 spiro atoms. The van der Waals surface area contributed by atoms with E-state index in [0.717, 1.165) is 41.2 Å². The number of hydrogen-bond donors (Lipinski definition) is 1. The number of methoxy groups -OCH3 is 1. The second-order valence-corrected chi connectivity index (χ2v) is 11.1. The zero-order valence-corrected chi connectivity index (χ0v) is 22.2. The maximum Gasteiger partial charge on any atom is 0.255 e. The average molecular weight is 507 g/mol. The first kappa shape index (κ1) is 25.8. The summed E-state index contributed by atoms with van der Waals surface area (Å²) in [6.07, 6.45) is 8.00. The number of amides is 1. The number of hydrogen-bond acceptors (Lipinski definition) is 6. The van der Waals surface area contributed by atoms with Crippen LogP contribution in [0.3, 0.4) is 0 Å². The van der Waals surface area contributed by atoms with Crippen LogP contribution in [0.2, 0.25) is 0 Å². The molecule has 6 nitrogen and oxygen atoms in total. The van der Waals surface area contributed by atoms with E-state index in [1.165, 1.54) is 4.88 Å². The van der Waals surface area contributed by atoms with Gasteiger partial charge in [0, 0.05) is 11.1 Å². The number of rotatable bonds is 9. The first-order chi connectivity index (χ1) is 17.3. The molecule has 7 heteroatoms. The second kappa shape index (κ2) is 11.2. The van der Waals surface area contributed by atoms with Crippen molar-refractivity contribution < 1.29 is 18.7 Å². The van der Waals surface area contributed by atoms with E-state index < -0.39 is 0 Å². The van der Waals surface area contributed by atoms with E-state index in [2.05, 4.69) is 32.7 Å². The van der Waals surface area contributed by atoms with Crippen molar-refractivity contribution in [3.8, 4) is 11.5 Å². The third kappa shape index (κ3) is 5.90. The lowest BCUT2D eigenvalue weighted by atomic mass is 9.72. The van der Waals surface area contributed by atoms with E-state index in [-0.39, 0.29) is 11.3 Å². The van der Waals surface area contributed by atoms with Crippen LogP contribution in [0.4, 0.5) is 5.00 Å². The topological polar surface area (TPSA) is 73.1 Å². The van der Waals surface area contributed by atoms with Crippen LogP contribution in [-0.2, 0) is 19.4 Å². The summed E-state index contributed by atoms with van der Waals surface area (Å²) >= 11 is 1.63. The molecule has 4 rings (SSSR count). The van der Waals surface area contributed by atoms with Crippen LogP contribution < -0.4 is 14.8 Å². The van der Waals surface area contributed by atoms with Gasteiger partial charge in [-0.2, -0.15) is 0 Å². The monoisotopic (exact) mass is 506 g/mol. The second-order valence-electron chi connectivity index (χ2n) is 10.0. The van der Waals surface area contributed by atoms with Gasteiger partial charge in [0.2, 0.25) is 0 Å². The number of ether oxygens (including phenoxy) is 2. The smallest absolute Gasteiger partial charge is 0.255 e. The van der Waals surface area contributed by atoms with Gasteiger partial charge in [-0.25, -0.2) is 4.99 Å². The van der Waals surface area contributed by atoms with Gasteiger partial charge >= 0.3 is 0 Å². The number of nitrogens with one attached hydrogen (secondary N) is 1. The fourth-order valence-corrected chi connectivity index (χ4v) is 5.74. The van der Waals surface area contributed by atoms with E-state index >= 15 is 0 Å². The number of carbonyl (C=O) groups excluding carboxylic acids is 1. The quantitative estimate of drug-likeness (QED) is 0.257. The number of benzene rings is 1. The summed E-state index contributed by atoms with van der Waals surface area (Å²) in [5, 5.41) is 3.75. The molecule has 2 heterocycles. The molecule has 0 bridgehead atoms. The minimum Gasteiger partial charge on any atom is -0.493 e. The molecular weight excluding hydrogens is 472 g/mol. The largest absolute Gasteiger partial charge is 0.493 e. The molecule has 0 aliphatic heterocycles. The van der Waals surface area contributed by atoms with Crippen LogP contribution >= 0.6 is 11.3 Å². The number of nitrogens with zero attached hydrogens (tertiary/aromatic N) is 1. The Morgan fingerprint density at radius 3 is 2.83 bits per heavy atom. The normalized spacial score (nSPS) is 15.5. The number of aliphatic imine (C=N–C) groups is 1. The van der Waals surface area contributed by atoms with Gasteiger partial charge in [-0.15, -0.1) is 11.3 Å². The van der Waals surface area contributed by atoms with Crippen molar-refractivity contribution in [2.24, 2.45) is 16.3 Å². The maximum atomic E-state index is 13.4. The van der Waals surface area contributed by atoms with Crippen molar-refractivity contribution in [1.29, 1.82) is 0 Å². The molecule has 1 aliphatic carbocycles. The highest BCUT2D eigenvalue weighted by molar-refractivity contribution is 7.16. The predicted molar refractivity (Wildman–Crippen MR) is 145 cm³/mol. The molecule has 0 saturated carbocycles. The standard InChI is InChI=1S/C29H34N2O4S/c1-6-13-35-23-12-9-19(15-24(23)33-5)17-31-28-26(27(32)30-18-21-8-7-14-34-21)22-11-10-20(29(2,3)4)16-25(22)36-28/h6-9,12,14-15,17,20H,1,10-11,13,16,18H2,2-5H3,(H,30,32)/t20-/m0/s1. The number of fused-ring (bicyclic) bond motifs is 1. The van der Waals surface area contributed by atoms with Gasteiger partial charge < -0.3 is 19.2 Å². The Hall–Kier alpha value is -3.32. The fraction of sp³-hybridized carbons (Fsp3) is 0.379. The Morgan fingerprint density at radius 1 is 1.31 bits per heavy atom. The molecule has 0 radical (unpaired) electrons. The lowest BCUT2D eigenvalue weighted by molar-refractivity contribution is 0.0947. The lowest BCUT2D eigenvalue weighted by Crippen LogP contribution is -2.28. The van der Waals surface area contributed by atoms with E-state index in [1.54, 1.807) is 37.0 Å². The molecule has 0 saturated heterocycles. The molecule has 1 atom stereocenters. The number of furan rings is 1. The Labute approximate surface area is 217 Å². The van der Waals surface area contributed by atoms with E-state index in [0.29, 0.717) is 36.1 Å². The first-order valence-electron chi connectivity index (χ1n) is 12.2. The first-order valence-corrected chi connectivity index (χ1v) is 13.0. The van der Waals surface area contributed by atoms with Gasteiger partial charge in [0.25, 0.3) is 5.91 Å². The number of thiophene rings is 1. The molecule has 1 amide bonds. The summed E-state index contributed by atoms with van der Waals surface area (Å²) in [6, 6.07) is 9.32. The van der Waals surface area contributed by atoms with Gasteiger partial charge in [0.15, 0.2) is 11.5 Å². The van der Waals surface area contributed by atoms with Gasteiger partial charge in [0.1, 0.15) is 17.4 Å². The lowest BCUT2D eigenvalue weighted by Gasteiger charge is -2.33. The molecule has 190 valence electrons. The molecule has 3 aromatic rings. The highest BCUT2D eigenvalue weighted by atomic mass is 32.1. The van der Waals surface area contributed by atoms with Crippen LogP contribution in [-0.4, -0.2) is 25.8 Å². The predicted octanol–water partition coefficient (Wildman–Crippen LogP) is 6.75. The average Bonchev–Trinajstić information content (AvgIpc) is 3.51. The third-order valence-corrected chi connectivity index (χ3v) is 7.74. The Bertz CT molecular complexity index is 1230. The zero-order valence-electron chi connectivity index (χ0n) is 21.4. The maximum absolute atomic E-state index is 13.4. The third-order valence-electron chi connectivity index (χ3n) is 6.58. The van der Waals surface area contributed by atoms with Crippen LogP contribution in [0.25, 0.3) is 0 Å². The number of carbonyl (C=O) groups is 1. The van der Waals surface area contributed by atoms with E-state index in [1.807, 2.05) is 30.3 Å². The van der Waals surface area contributed by atoms with Crippen LogP contribution in [0.5, 0.6) is 11.5 Å². The molecule has 0 fully saturated rings. The van der Waals surface area contributed by atoms with Gasteiger partial charge in [-0.3, -0.25) is 4.79 Å². The van der Waals surface area contributed by atoms with Crippen LogP contribution in [0, 0.1) is 11.3 Å². The van der Waals surface area contributed by atoms with Gasteiger partial charge in [-0.05, 0) is 72.1 Å². The molecule has 36 heavy (non-hydrogen) atoms. The Morgan fingerprint density at radius 2 is 2.14 bits per heavy atom. The van der Waals surface area contributed by atoms with Crippen molar-refractivity contribution in [2.45, 2.75) is 46.6 Å². The molecule has 1 aliphatic rings. The summed E-state index contributed by atoms with van der Waals surface area (Å²) in [5.41, 5.74) is 2.90. The molecule has 2 aromatic heterocycles. The Balaban J connectivity index is 1.63. The Kier molecular flexibility index (Phi) is 7.99. The van der Waals surface area contributed by atoms with Crippen LogP contribution in [0.1, 0.15) is 59.3 Å². The SMILES string of the molecule is C=CCOc1ccc(C=Nc2sc3c(c2C(=O)NCc2ccco2)CC[C@H](C(C)(C)C)C3)cc1OC. The highest BCUT2D eigenvalue weighted by Gasteiger charge is 2.33. The van der Waals surface area contributed by atoms with Crippen molar-refractivity contribution in [2.75, 3.05) is 13.7 Å². The van der Waals surface area contributed by atoms with E-state index in [9.17, 15) is 4.79 Å². The van der Waals surface area contributed by atoms with Gasteiger partial charge in [0.05, 0.1) is 25.5 Å². The minimum atomic E-state index is -0.115. The molecule has 1 aromatic carbocycles. The van der Waals surface area contributed by atoms with Crippen LogP contribution in [0.15, 0.2) is 58.7 Å². The van der Waals surface area contributed by atoms with Crippen molar-refractivity contribution in [3.63, 3.8) is 0 Å². The molecule has 0 unspecified atom stereocenters. The van der Waals surface area contributed by atoms with Crippen molar-refractivity contribution in [1.82, 2.24) is 5.32 Å². The highest BCUT2D eigenvalue weighted by Crippen LogP contribution is 2.45. The summed E-state index contributed by atoms with van der Waals surface area (Å²) in [5.74, 6) is 2.45. The summed E-state index contributed by atoms with van der Waals surface area (Å²) in [6.45, 7) is 11.3. The van der Waals surface area contributed by atoms with Gasteiger partial charge in [-0.1, -0.05) is 33.4 Å². The minimum absolute atomic E-state index is 0.115. The molecular formula is C29H34N2O4S. The summed E-state index contributed by atoms with van der Waals surface area (Å²) < 4.78 is 16.5. The summed E-state index contributed by atoms with van der Waals surface area (Å²) in [7, 11) is 1.61. The summed E-state index contributed by atoms with van der Waals surface area (Å²) in [4.78, 5) is 19.4. The zero-order chi connectivity index (χ0) is 25.7. The fourth-order valence-electron chi connectivity index (χ4n) is 4.47. The molecule has 1 N–H and O–H groups in total. The van der Waals surface area contributed by atoms with Crippen molar-refractivity contribution >= 4 is 28.5 Å². The van der Waals surface area contributed by atoms with Crippen molar-refractivity contribution in [3.05, 3.63) is 76.6 Å². The van der Waals surface area contributed by atoms with E-state index in [4.69, 9.17) is 18.9 Å².